The van der Waals surface area contributed by atoms with Gasteiger partial charge < -0.3 is 4.42 Å². The SMILES string of the molecule is Cc1cc(C(Br)c2ccc3c(c2)n(C)c(=O)n3C)c(C)o1. The zero-order valence-electron chi connectivity index (χ0n) is 12.5. The minimum Gasteiger partial charge on any atom is -0.466 e. The summed E-state index contributed by atoms with van der Waals surface area (Å²) in [5.41, 5.74) is 4.08. The quantitative estimate of drug-likeness (QED) is 0.664. The van der Waals surface area contributed by atoms with Crippen LogP contribution in [0.5, 0.6) is 0 Å². The summed E-state index contributed by atoms with van der Waals surface area (Å²) in [5.74, 6) is 1.82. The first kappa shape index (κ1) is 14.2. The number of alkyl halides is 1. The number of furan rings is 1. The van der Waals surface area contributed by atoms with Crippen molar-refractivity contribution in [3.63, 3.8) is 0 Å². The number of aryl methyl sites for hydroxylation is 4. The molecule has 0 aliphatic rings. The minimum absolute atomic E-state index is 0.0105. The van der Waals surface area contributed by atoms with Crippen molar-refractivity contribution in [3.8, 4) is 0 Å². The Morgan fingerprint density at radius 3 is 2.38 bits per heavy atom. The van der Waals surface area contributed by atoms with Crippen molar-refractivity contribution >= 4 is 27.0 Å². The number of aromatic nitrogens is 2. The Hall–Kier alpha value is -1.75. The molecule has 0 spiro atoms. The van der Waals surface area contributed by atoms with Crippen LogP contribution in [0.3, 0.4) is 0 Å². The summed E-state index contributed by atoms with van der Waals surface area (Å²) >= 11 is 3.74. The molecule has 21 heavy (non-hydrogen) atoms. The second-order valence-corrected chi connectivity index (χ2v) is 6.30. The summed E-state index contributed by atoms with van der Waals surface area (Å²) in [5, 5.41) is 0. The van der Waals surface area contributed by atoms with Crippen molar-refractivity contribution < 1.29 is 4.42 Å². The Kier molecular flexibility index (Phi) is 3.32. The van der Waals surface area contributed by atoms with Gasteiger partial charge in [-0.3, -0.25) is 9.13 Å². The van der Waals surface area contributed by atoms with Gasteiger partial charge in [0, 0.05) is 19.7 Å². The number of hydrogen-bond acceptors (Lipinski definition) is 2. The number of fused-ring (bicyclic) bond motifs is 1. The van der Waals surface area contributed by atoms with Crippen LogP contribution in [0.1, 0.15) is 27.5 Å². The van der Waals surface area contributed by atoms with Crippen LogP contribution >= 0.6 is 15.9 Å². The predicted molar refractivity (Wildman–Crippen MR) is 87.1 cm³/mol. The van der Waals surface area contributed by atoms with Crippen molar-refractivity contribution in [3.05, 3.63) is 57.4 Å². The van der Waals surface area contributed by atoms with E-state index in [4.69, 9.17) is 4.42 Å². The average molecular weight is 349 g/mol. The van der Waals surface area contributed by atoms with E-state index in [1.54, 1.807) is 23.2 Å². The van der Waals surface area contributed by atoms with Gasteiger partial charge in [-0.1, -0.05) is 22.0 Å². The number of nitrogens with zero attached hydrogens (tertiary/aromatic N) is 2. The van der Waals surface area contributed by atoms with Crippen molar-refractivity contribution in [1.29, 1.82) is 0 Å². The minimum atomic E-state index is -0.0105. The van der Waals surface area contributed by atoms with E-state index in [0.717, 1.165) is 33.7 Å². The topological polar surface area (TPSA) is 40.1 Å². The molecule has 0 aliphatic carbocycles. The molecule has 0 saturated carbocycles. The fourth-order valence-corrected chi connectivity index (χ4v) is 3.50. The Balaban J connectivity index is 2.15. The molecule has 1 unspecified atom stereocenters. The van der Waals surface area contributed by atoms with E-state index < -0.39 is 0 Å². The molecule has 0 saturated heterocycles. The van der Waals surface area contributed by atoms with Crippen LogP contribution in [-0.2, 0) is 14.1 Å². The first-order valence-electron chi connectivity index (χ1n) is 6.76. The van der Waals surface area contributed by atoms with Crippen LogP contribution in [0.4, 0.5) is 0 Å². The molecule has 2 aromatic heterocycles. The molecular formula is C16H17BrN2O2. The number of benzene rings is 1. The summed E-state index contributed by atoms with van der Waals surface area (Å²) < 4.78 is 8.94. The van der Waals surface area contributed by atoms with Gasteiger partial charge in [0.1, 0.15) is 11.5 Å². The molecule has 1 atom stereocenters. The lowest BCUT2D eigenvalue weighted by Gasteiger charge is -2.10. The van der Waals surface area contributed by atoms with Crippen LogP contribution in [0.2, 0.25) is 0 Å². The smallest absolute Gasteiger partial charge is 0.328 e. The van der Waals surface area contributed by atoms with Crippen molar-refractivity contribution in [1.82, 2.24) is 9.13 Å². The summed E-state index contributed by atoms with van der Waals surface area (Å²) in [4.78, 5) is 12.0. The van der Waals surface area contributed by atoms with Gasteiger partial charge >= 0.3 is 5.69 Å². The maximum Gasteiger partial charge on any atom is 0.328 e. The third kappa shape index (κ3) is 2.16. The zero-order valence-corrected chi connectivity index (χ0v) is 14.1. The molecule has 110 valence electrons. The largest absolute Gasteiger partial charge is 0.466 e. The number of rotatable bonds is 2. The highest BCUT2D eigenvalue weighted by molar-refractivity contribution is 9.09. The molecule has 0 amide bonds. The molecular weight excluding hydrogens is 332 g/mol. The number of hydrogen-bond donors (Lipinski definition) is 0. The first-order valence-corrected chi connectivity index (χ1v) is 7.68. The van der Waals surface area contributed by atoms with Crippen LogP contribution < -0.4 is 5.69 Å². The lowest BCUT2D eigenvalue weighted by Crippen LogP contribution is -2.19. The second-order valence-electron chi connectivity index (χ2n) is 5.38. The standard InChI is InChI=1S/C16H17BrN2O2/c1-9-7-12(10(2)21-9)15(17)11-5-6-13-14(8-11)19(4)16(20)18(13)3/h5-8,15H,1-4H3. The van der Waals surface area contributed by atoms with E-state index in [-0.39, 0.29) is 10.5 Å². The third-order valence-corrected chi connectivity index (χ3v) is 4.96. The van der Waals surface area contributed by atoms with E-state index in [9.17, 15) is 4.79 Å². The van der Waals surface area contributed by atoms with Crippen LogP contribution in [0.15, 0.2) is 33.5 Å². The molecule has 2 heterocycles. The van der Waals surface area contributed by atoms with Gasteiger partial charge in [0.25, 0.3) is 0 Å². The highest BCUT2D eigenvalue weighted by Gasteiger charge is 2.18. The second kappa shape index (κ2) is 4.91. The van der Waals surface area contributed by atoms with Gasteiger partial charge in [-0.05, 0) is 37.6 Å². The molecule has 0 fully saturated rings. The van der Waals surface area contributed by atoms with Crippen molar-refractivity contribution in [2.45, 2.75) is 18.7 Å². The normalized spacial score (nSPS) is 13.0. The van der Waals surface area contributed by atoms with Crippen LogP contribution in [0.25, 0.3) is 11.0 Å². The molecule has 3 rings (SSSR count). The Morgan fingerprint density at radius 1 is 1.10 bits per heavy atom. The Labute approximate surface area is 131 Å². The molecule has 3 aromatic rings. The predicted octanol–water partition coefficient (Wildman–Crippen LogP) is 3.57. The van der Waals surface area contributed by atoms with E-state index in [0.29, 0.717) is 0 Å². The van der Waals surface area contributed by atoms with E-state index in [2.05, 4.69) is 22.0 Å². The Morgan fingerprint density at radius 2 is 1.76 bits per heavy atom. The van der Waals surface area contributed by atoms with E-state index in [1.807, 2.05) is 32.0 Å². The summed E-state index contributed by atoms with van der Waals surface area (Å²) in [6.45, 7) is 3.91. The first-order chi connectivity index (χ1) is 9.90. The van der Waals surface area contributed by atoms with Crippen molar-refractivity contribution in [2.75, 3.05) is 0 Å². The summed E-state index contributed by atoms with van der Waals surface area (Å²) in [6.07, 6.45) is 0. The van der Waals surface area contributed by atoms with Gasteiger partial charge in [-0.25, -0.2) is 4.79 Å². The number of imidazole rings is 1. The molecule has 0 bridgehead atoms. The van der Waals surface area contributed by atoms with Gasteiger partial charge in [-0.15, -0.1) is 0 Å². The van der Waals surface area contributed by atoms with E-state index >= 15 is 0 Å². The zero-order chi connectivity index (χ0) is 15.3. The lowest BCUT2D eigenvalue weighted by molar-refractivity contribution is 0.502. The summed E-state index contributed by atoms with van der Waals surface area (Å²) in [7, 11) is 3.59. The molecule has 4 nitrogen and oxygen atoms in total. The van der Waals surface area contributed by atoms with Crippen LogP contribution in [0, 0.1) is 13.8 Å². The molecule has 0 radical (unpaired) electrons. The fraction of sp³-hybridized carbons (Fsp3) is 0.312. The molecule has 1 aromatic carbocycles. The average Bonchev–Trinajstić information content (AvgIpc) is 2.91. The molecule has 5 heteroatoms. The van der Waals surface area contributed by atoms with Crippen LogP contribution in [-0.4, -0.2) is 9.13 Å². The van der Waals surface area contributed by atoms with Gasteiger partial charge in [-0.2, -0.15) is 0 Å². The monoisotopic (exact) mass is 348 g/mol. The fourth-order valence-electron chi connectivity index (χ4n) is 2.76. The van der Waals surface area contributed by atoms with Gasteiger partial charge in [0.15, 0.2) is 0 Å². The number of halogens is 1. The van der Waals surface area contributed by atoms with Crippen molar-refractivity contribution in [2.24, 2.45) is 14.1 Å². The van der Waals surface area contributed by atoms with Gasteiger partial charge in [0.05, 0.1) is 15.9 Å². The highest BCUT2D eigenvalue weighted by Crippen LogP contribution is 2.35. The van der Waals surface area contributed by atoms with Gasteiger partial charge in [0.2, 0.25) is 0 Å². The maximum atomic E-state index is 12.0. The Bertz CT molecular complexity index is 886. The molecule has 0 aliphatic heterocycles. The third-order valence-electron chi connectivity index (χ3n) is 3.94. The summed E-state index contributed by atoms with van der Waals surface area (Å²) in [6, 6.07) is 8.13. The molecule has 0 N–H and O–H groups in total. The highest BCUT2D eigenvalue weighted by atomic mass is 79.9. The maximum absolute atomic E-state index is 12.0. The lowest BCUT2D eigenvalue weighted by atomic mass is 10.0. The van der Waals surface area contributed by atoms with E-state index in [1.165, 1.54) is 0 Å².